The van der Waals surface area contributed by atoms with Crippen molar-refractivity contribution in [1.29, 1.82) is 0 Å². The summed E-state index contributed by atoms with van der Waals surface area (Å²) < 4.78 is 9.48. The predicted molar refractivity (Wildman–Crippen MR) is 129 cm³/mol. The van der Waals surface area contributed by atoms with Gasteiger partial charge in [0, 0.05) is 22.8 Å². The number of nitrogens with one attached hydrogen (secondary N) is 3. The van der Waals surface area contributed by atoms with E-state index in [4.69, 9.17) is 9.47 Å². The van der Waals surface area contributed by atoms with Crippen molar-refractivity contribution >= 4 is 34.9 Å². The summed E-state index contributed by atoms with van der Waals surface area (Å²) in [5.41, 5.74) is -0.379. The van der Waals surface area contributed by atoms with Crippen LogP contribution in [0.25, 0.3) is 0 Å². The minimum atomic E-state index is -0.686. The fourth-order valence-corrected chi connectivity index (χ4v) is 4.67. The number of aromatic nitrogens is 2. The molecule has 1 aromatic carbocycles. The third-order valence-electron chi connectivity index (χ3n) is 5.57. The van der Waals surface area contributed by atoms with Crippen LogP contribution in [0.5, 0.6) is 0 Å². The molecule has 3 N–H and O–H groups in total. The number of piperidine rings is 1. The highest BCUT2D eigenvalue weighted by Crippen LogP contribution is 2.35. The van der Waals surface area contributed by atoms with Gasteiger partial charge in [0.15, 0.2) is 0 Å². The van der Waals surface area contributed by atoms with Gasteiger partial charge in [0.2, 0.25) is 11.6 Å². The monoisotopic (exact) mass is 486 g/mol. The lowest BCUT2D eigenvalue weighted by Crippen LogP contribution is -2.60. The van der Waals surface area contributed by atoms with Crippen LogP contribution in [0.4, 0.5) is 23.0 Å². The third-order valence-corrected chi connectivity index (χ3v) is 5.57. The Kier molecular flexibility index (Phi) is 7.25. The van der Waals surface area contributed by atoms with Gasteiger partial charge in [-0.2, -0.15) is 0 Å². The van der Waals surface area contributed by atoms with Crippen molar-refractivity contribution in [1.82, 2.24) is 15.3 Å². The quantitative estimate of drug-likeness (QED) is 0.299. The van der Waals surface area contributed by atoms with Crippen molar-refractivity contribution in [2.75, 3.05) is 24.9 Å². The summed E-state index contributed by atoms with van der Waals surface area (Å²) in [4.78, 5) is 43.8. The second-order valence-electron chi connectivity index (χ2n) is 9.73. The van der Waals surface area contributed by atoms with Crippen molar-refractivity contribution < 1.29 is 24.0 Å². The molecular formula is C23H30N6O6. The normalized spacial score (nSPS) is 16.7. The Morgan fingerprint density at radius 3 is 2.00 bits per heavy atom. The molecule has 0 amide bonds. The number of methoxy groups -OCH3 is 2. The highest BCUT2D eigenvalue weighted by molar-refractivity contribution is 5.97. The molecule has 0 atom stereocenters. The van der Waals surface area contributed by atoms with Gasteiger partial charge in [-0.05, 0) is 58.7 Å². The molecule has 0 saturated carbocycles. The summed E-state index contributed by atoms with van der Waals surface area (Å²) in [6.07, 6.45) is 2.66. The second-order valence-corrected chi connectivity index (χ2v) is 9.73. The third kappa shape index (κ3) is 6.21. The lowest BCUT2D eigenvalue weighted by atomic mass is 9.79. The molecule has 12 nitrogen and oxygen atoms in total. The van der Waals surface area contributed by atoms with Gasteiger partial charge >= 0.3 is 17.6 Å². The molecule has 0 bridgehead atoms. The van der Waals surface area contributed by atoms with Crippen molar-refractivity contribution in [3.05, 3.63) is 45.8 Å². The van der Waals surface area contributed by atoms with E-state index in [1.807, 2.05) is 0 Å². The van der Waals surface area contributed by atoms with Gasteiger partial charge in [-0.15, -0.1) is 0 Å². The lowest BCUT2D eigenvalue weighted by molar-refractivity contribution is -0.383. The van der Waals surface area contributed by atoms with Crippen molar-refractivity contribution in [3.8, 4) is 0 Å². The van der Waals surface area contributed by atoms with Crippen molar-refractivity contribution in [3.63, 3.8) is 0 Å². The molecule has 1 aromatic heterocycles. The highest BCUT2D eigenvalue weighted by atomic mass is 16.6. The van der Waals surface area contributed by atoms with E-state index in [1.165, 1.54) is 38.7 Å². The number of rotatable bonds is 7. The Morgan fingerprint density at radius 1 is 1.00 bits per heavy atom. The van der Waals surface area contributed by atoms with E-state index in [0.717, 1.165) is 12.8 Å². The molecule has 0 spiro atoms. The molecule has 12 heteroatoms. The van der Waals surface area contributed by atoms with Crippen LogP contribution >= 0.6 is 0 Å². The fourth-order valence-electron chi connectivity index (χ4n) is 4.67. The molecule has 188 valence electrons. The van der Waals surface area contributed by atoms with Crippen LogP contribution in [0.15, 0.2) is 24.5 Å². The molecule has 1 aliphatic heterocycles. The average Bonchev–Trinajstić information content (AvgIpc) is 2.75. The maximum Gasteiger partial charge on any atom is 0.353 e. The first kappa shape index (κ1) is 25.8. The van der Waals surface area contributed by atoms with Crippen LogP contribution in [0, 0.1) is 10.1 Å². The van der Waals surface area contributed by atoms with Gasteiger partial charge in [-0.25, -0.2) is 19.6 Å². The maximum atomic E-state index is 12.1. The predicted octanol–water partition coefficient (Wildman–Crippen LogP) is 3.42. The van der Waals surface area contributed by atoms with E-state index in [-0.39, 0.29) is 51.3 Å². The van der Waals surface area contributed by atoms with Crippen LogP contribution in [0.2, 0.25) is 0 Å². The van der Waals surface area contributed by atoms with Crippen LogP contribution < -0.4 is 16.0 Å². The minimum absolute atomic E-state index is 0.0622. The topological polar surface area (TPSA) is 158 Å². The number of ether oxygens (including phenoxy) is 2. The zero-order valence-corrected chi connectivity index (χ0v) is 20.6. The first-order chi connectivity index (χ1) is 16.3. The van der Waals surface area contributed by atoms with Gasteiger partial charge in [-0.1, -0.05) is 0 Å². The number of nitrogens with zero attached hydrogens (tertiary/aromatic N) is 3. The molecule has 1 aliphatic rings. The number of esters is 2. The van der Waals surface area contributed by atoms with Crippen LogP contribution in [-0.2, 0) is 9.47 Å². The zero-order valence-electron chi connectivity index (χ0n) is 20.6. The highest BCUT2D eigenvalue weighted by Gasteiger charge is 2.38. The Bertz CT molecular complexity index is 1100. The standard InChI is InChI=1S/C23H30N6O6/c1-22(2)10-16(11-23(3,4)28-22)27-19-17(29(32)33)18(24-12-25-19)26-15-8-13(20(30)34-5)7-14(9-15)21(31)35-6/h7-9,12,16,28H,10-11H2,1-6H3,(H2,24,25,26,27). The Balaban J connectivity index is 1.98. The second kappa shape index (κ2) is 9.82. The van der Waals surface area contributed by atoms with Gasteiger partial charge in [0.1, 0.15) is 6.33 Å². The first-order valence-electron chi connectivity index (χ1n) is 11.0. The summed E-state index contributed by atoms with van der Waals surface area (Å²) >= 11 is 0. The smallest absolute Gasteiger partial charge is 0.353 e. The largest absolute Gasteiger partial charge is 0.465 e. The number of anilines is 3. The molecule has 1 saturated heterocycles. The maximum absolute atomic E-state index is 12.1. The minimum Gasteiger partial charge on any atom is -0.465 e. The molecule has 0 radical (unpaired) electrons. The van der Waals surface area contributed by atoms with Gasteiger partial charge in [-0.3, -0.25) is 10.1 Å². The Labute approximate surface area is 203 Å². The van der Waals surface area contributed by atoms with E-state index in [2.05, 4.69) is 53.6 Å². The lowest BCUT2D eigenvalue weighted by Gasteiger charge is -2.46. The number of hydrogen-bond donors (Lipinski definition) is 3. The fraction of sp³-hybridized carbons (Fsp3) is 0.478. The summed E-state index contributed by atoms with van der Waals surface area (Å²) in [6.45, 7) is 8.32. The van der Waals surface area contributed by atoms with E-state index in [0.29, 0.717) is 0 Å². The summed E-state index contributed by atoms with van der Waals surface area (Å²) in [6, 6.07) is 4.03. The SMILES string of the molecule is COC(=O)c1cc(Nc2ncnc(NC3CC(C)(C)NC(C)(C)C3)c2[N+](=O)[O-])cc(C(=O)OC)c1. The molecule has 2 aromatic rings. The summed E-state index contributed by atoms with van der Waals surface area (Å²) in [5.74, 6) is -1.40. The Hall–Kier alpha value is -3.80. The number of carbonyl (C=O) groups is 2. The summed E-state index contributed by atoms with van der Waals surface area (Å²) in [7, 11) is 2.41. The zero-order chi connectivity index (χ0) is 26.0. The molecule has 1 fully saturated rings. The van der Waals surface area contributed by atoms with Crippen molar-refractivity contribution in [2.45, 2.75) is 57.7 Å². The number of hydrogen-bond acceptors (Lipinski definition) is 11. The van der Waals surface area contributed by atoms with Crippen LogP contribution in [0.1, 0.15) is 61.3 Å². The first-order valence-corrected chi connectivity index (χ1v) is 11.0. The average molecular weight is 487 g/mol. The molecule has 35 heavy (non-hydrogen) atoms. The van der Waals surface area contributed by atoms with Gasteiger partial charge in [0.05, 0.1) is 30.3 Å². The molecule has 3 rings (SSSR count). The van der Waals surface area contributed by atoms with Gasteiger partial charge in [0.25, 0.3) is 0 Å². The van der Waals surface area contributed by atoms with Crippen molar-refractivity contribution in [2.24, 2.45) is 0 Å². The molecular weight excluding hydrogens is 456 g/mol. The van der Waals surface area contributed by atoms with E-state index in [1.54, 1.807) is 0 Å². The molecule has 2 heterocycles. The number of benzene rings is 1. The van der Waals surface area contributed by atoms with Gasteiger partial charge < -0.3 is 25.4 Å². The van der Waals surface area contributed by atoms with Crippen LogP contribution in [0.3, 0.4) is 0 Å². The number of nitro groups is 1. The van der Waals surface area contributed by atoms with E-state index >= 15 is 0 Å². The summed E-state index contributed by atoms with van der Waals surface area (Å²) in [5, 5.41) is 21.7. The molecule has 0 aliphatic carbocycles. The Morgan fingerprint density at radius 2 is 1.51 bits per heavy atom. The van der Waals surface area contributed by atoms with Crippen LogP contribution in [-0.4, -0.2) is 58.2 Å². The molecule has 0 unspecified atom stereocenters. The number of carbonyl (C=O) groups excluding carboxylic acids is 2. The van der Waals surface area contributed by atoms with E-state index < -0.39 is 16.9 Å². The van der Waals surface area contributed by atoms with E-state index in [9.17, 15) is 19.7 Å².